The average Bonchev–Trinajstić information content (AvgIpc) is 2.30. The molecular formula is C13H20BrFN2O2S. The summed E-state index contributed by atoms with van der Waals surface area (Å²) in [7, 11) is -2.28. The first-order chi connectivity index (χ1) is 8.89. The molecule has 0 bridgehead atoms. The molecule has 0 heterocycles. The van der Waals surface area contributed by atoms with Gasteiger partial charge in [0.15, 0.2) is 0 Å². The SMILES string of the molecule is CC(N(C)S(=O)(=O)c1cc(Br)c(F)cc1N)C(C)(C)C. The topological polar surface area (TPSA) is 63.4 Å². The summed E-state index contributed by atoms with van der Waals surface area (Å²) in [6.45, 7) is 7.68. The summed E-state index contributed by atoms with van der Waals surface area (Å²) in [4.78, 5) is -0.0932. The monoisotopic (exact) mass is 366 g/mol. The first-order valence-corrected chi connectivity index (χ1v) is 8.35. The van der Waals surface area contributed by atoms with E-state index in [0.717, 1.165) is 6.07 Å². The lowest BCUT2D eigenvalue weighted by atomic mass is 9.88. The lowest BCUT2D eigenvalue weighted by Gasteiger charge is -2.34. The van der Waals surface area contributed by atoms with Crippen LogP contribution in [0.2, 0.25) is 0 Å². The van der Waals surface area contributed by atoms with Gasteiger partial charge in [0.05, 0.1) is 10.2 Å². The Morgan fingerprint density at radius 1 is 1.35 bits per heavy atom. The van der Waals surface area contributed by atoms with Crippen molar-refractivity contribution in [1.82, 2.24) is 4.31 Å². The smallest absolute Gasteiger partial charge is 0.245 e. The number of nitrogens with two attached hydrogens (primary N) is 1. The van der Waals surface area contributed by atoms with Gasteiger partial charge in [-0.1, -0.05) is 20.8 Å². The van der Waals surface area contributed by atoms with Crippen molar-refractivity contribution in [3.63, 3.8) is 0 Å². The van der Waals surface area contributed by atoms with E-state index in [9.17, 15) is 12.8 Å². The fourth-order valence-corrected chi connectivity index (χ4v) is 3.84. The van der Waals surface area contributed by atoms with Crippen LogP contribution in [-0.4, -0.2) is 25.8 Å². The quantitative estimate of drug-likeness (QED) is 0.835. The molecule has 1 aromatic carbocycles. The zero-order chi connectivity index (χ0) is 15.9. The molecule has 1 atom stereocenters. The van der Waals surface area contributed by atoms with E-state index >= 15 is 0 Å². The second-order valence-electron chi connectivity index (χ2n) is 5.87. The Morgan fingerprint density at radius 3 is 2.30 bits per heavy atom. The van der Waals surface area contributed by atoms with E-state index in [1.807, 2.05) is 27.7 Å². The number of sulfonamides is 1. The number of benzene rings is 1. The molecule has 1 aromatic rings. The van der Waals surface area contributed by atoms with Gasteiger partial charge in [-0.3, -0.25) is 0 Å². The molecule has 0 aliphatic heterocycles. The van der Waals surface area contributed by atoms with Gasteiger partial charge in [-0.15, -0.1) is 0 Å². The van der Waals surface area contributed by atoms with Crippen LogP contribution in [0.4, 0.5) is 10.1 Å². The maximum atomic E-state index is 13.4. The third-order valence-corrected chi connectivity index (χ3v) is 6.10. The highest BCUT2D eigenvalue weighted by Gasteiger charge is 2.33. The summed E-state index contributed by atoms with van der Waals surface area (Å²) in [6, 6.07) is 1.97. The summed E-state index contributed by atoms with van der Waals surface area (Å²) < 4.78 is 39.9. The fraction of sp³-hybridized carbons (Fsp3) is 0.538. The molecule has 0 aliphatic carbocycles. The molecule has 0 saturated heterocycles. The van der Waals surface area contributed by atoms with Gasteiger partial charge in [0.2, 0.25) is 10.0 Å². The van der Waals surface area contributed by atoms with E-state index in [-0.39, 0.29) is 26.5 Å². The molecule has 0 aliphatic rings. The van der Waals surface area contributed by atoms with Gasteiger partial charge >= 0.3 is 0 Å². The molecule has 0 radical (unpaired) electrons. The van der Waals surface area contributed by atoms with E-state index < -0.39 is 15.8 Å². The van der Waals surface area contributed by atoms with Crippen LogP contribution in [0.1, 0.15) is 27.7 Å². The zero-order valence-corrected chi connectivity index (χ0v) is 14.6. The molecule has 1 rings (SSSR count). The van der Waals surface area contributed by atoms with Crippen LogP contribution in [0.15, 0.2) is 21.5 Å². The van der Waals surface area contributed by atoms with Gasteiger partial charge in [0.1, 0.15) is 10.7 Å². The van der Waals surface area contributed by atoms with Crippen LogP contribution in [0, 0.1) is 11.2 Å². The van der Waals surface area contributed by atoms with Crippen molar-refractivity contribution < 1.29 is 12.8 Å². The van der Waals surface area contributed by atoms with Crippen molar-refractivity contribution in [2.75, 3.05) is 12.8 Å². The van der Waals surface area contributed by atoms with E-state index in [2.05, 4.69) is 15.9 Å². The molecule has 0 spiro atoms. The van der Waals surface area contributed by atoms with Gasteiger partial charge < -0.3 is 5.73 Å². The van der Waals surface area contributed by atoms with Crippen molar-refractivity contribution in [3.05, 3.63) is 22.4 Å². The largest absolute Gasteiger partial charge is 0.398 e. The minimum absolute atomic E-state index is 0.0714. The lowest BCUT2D eigenvalue weighted by Crippen LogP contribution is -2.43. The van der Waals surface area contributed by atoms with Crippen molar-refractivity contribution in [1.29, 1.82) is 0 Å². The first-order valence-electron chi connectivity index (χ1n) is 6.11. The number of nitrogens with zero attached hydrogens (tertiary/aromatic N) is 1. The summed E-state index contributed by atoms with van der Waals surface area (Å²) >= 11 is 2.98. The maximum Gasteiger partial charge on any atom is 0.245 e. The third kappa shape index (κ3) is 3.32. The van der Waals surface area contributed by atoms with Crippen LogP contribution >= 0.6 is 15.9 Å². The molecule has 2 N–H and O–H groups in total. The summed E-state index contributed by atoms with van der Waals surface area (Å²) in [5.74, 6) is -0.590. The molecule has 7 heteroatoms. The first kappa shape index (κ1) is 17.4. The molecule has 0 amide bonds. The van der Waals surface area contributed by atoms with Gasteiger partial charge in [0, 0.05) is 13.1 Å². The minimum Gasteiger partial charge on any atom is -0.398 e. The summed E-state index contributed by atoms with van der Waals surface area (Å²) in [5, 5.41) is 0. The molecule has 4 nitrogen and oxygen atoms in total. The Hall–Kier alpha value is -0.660. The molecular weight excluding hydrogens is 347 g/mol. The van der Waals surface area contributed by atoms with Gasteiger partial charge in [-0.05, 0) is 40.4 Å². The standard InChI is InChI=1S/C13H20BrFN2O2S/c1-8(13(2,3)4)17(5)20(18,19)12-6-9(14)10(15)7-11(12)16/h6-8H,16H2,1-5H3. The molecule has 20 heavy (non-hydrogen) atoms. The Bertz CT molecular complexity index is 612. The number of rotatable bonds is 3. The predicted octanol–water partition coefficient (Wildman–Crippen LogP) is 3.23. The van der Waals surface area contributed by atoms with Gasteiger partial charge in [-0.2, -0.15) is 4.31 Å². The minimum atomic E-state index is -3.78. The van der Waals surface area contributed by atoms with Crippen LogP contribution in [0.25, 0.3) is 0 Å². The number of anilines is 1. The molecule has 114 valence electrons. The average molecular weight is 367 g/mol. The van der Waals surface area contributed by atoms with Crippen molar-refractivity contribution in [2.24, 2.45) is 5.41 Å². The molecule has 1 unspecified atom stereocenters. The Morgan fingerprint density at radius 2 is 1.85 bits per heavy atom. The predicted molar refractivity (Wildman–Crippen MR) is 82.4 cm³/mol. The maximum absolute atomic E-state index is 13.4. The van der Waals surface area contributed by atoms with Crippen LogP contribution in [0.3, 0.4) is 0 Å². The highest BCUT2D eigenvalue weighted by atomic mass is 79.9. The highest BCUT2D eigenvalue weighted by molar-refractivity contribution is 9.10. The van der Waals surface area contributed by atoms with E-state index in [4.69, 9.17) is 5.73 Å². The molecule has 0 fully saturated rings. The summed E-state index contributed by atoms with van der Waals surface area (Å²) in [5.41, 5.74) is 5.33. The zero-order valence-electron chi connectivity index (χ0n) is 12.2. The Balaban J connectivity index is 3.34. The van der Waals surface area contributed by atoms with Crippen molar-refractivity contribution in [2.45, 2.75) is 38.6 Å². The summed E-state index contributed by atoms with van der Waals surface area (Å²) in [6.07, 6.45) is 0. The molecule has 0 aromatic heterocycles. The Kier molecular flexibility index (Phi) is 4.88. The number of halogens is 2. The second kappa shape index (κ2) is 5.61. The third-order valence-electron chi connectivity index (χ3n) is 3.51. The van der Waals surface area contributed by atoms with E-state index in [1.165, 1.54) is 17.4 Å². The second-order valence-corrected chi connectivity index (χ2v) is 8.69. The highest BCUT2D eigenvalue weighted by Crippen LogP contribution is 2.32. The van der Waals surface area contributed by atoms with Gasteiger partial charge in [0.25, 0.3) is 0 Å². The lowest BCUT2D eigenvalue weighted by molar-refractivity contribution is 0.216. The van der Waals surface area contributed by atoms with Crippen LogP contribution < -0.4 is 5.73 Å². The van der Waals surface area contributed by atoms with Crippen molar-refractivity contribution >= 4 is 31.6 Å². The number of nitrogen functional groups attached to an aromatic ring is 1. The fourth-order valence-electron chi connectivity index (χ4n) is 1.68. The normalized spacial score (nSPS) is 14.6. The van der Waals surface area contributed by atoms with E-state index in [1.54, 1.807) is 0 Å². The van der Waals surface area contributed by atoms with Crippen LogP contribution in [-0.2, 0) is 10.0 Å². The van der Waals surface area contributed by atoms with Crippen molar-refractivity contribution in [3.8, 4) is 0 Å². The number of hydrogen-bond donors (Lipinski definition) is 1. The van der Waals surface area contributed by atoms with E-state index in [0.29, 0.717) is 0 Å². The van der Waals surface area contributed by atoms with Gasteiger partial charge in [-0.25, -0.2) is 12.8 Å². The Labute approximate surface area is 128 Å². The number of hydrogen-bond acceptors (Lipinski definition) is 3. The molecule has 0 saturated carbocycles. The van der Waals surface area contributed by atoms with Crippen LogP contribution in [0.5, 0.6) is 0 Å².